The molecule has 0 aliphatic rings. The lowest BCUT2D eigenvalue weighted by Gasteiger charge is -2.12. The maximum atomic E-state index is 10.8. The summed E-state index contributed by atoms with van der Waals surface area (Å²) in [7, 11) is -3.35. The fourth-order valence-corrected chi connectivity index (χ4v) is 2.06. The first kappa shape index (κ1) is 18.1. The van der Waals surface area contributed by atoms with Crippen LogP contribution in [0.15, 0.2) is 30.3 Å². The van der Waals surface area contributed by atoms with Gasteiger partial charge >= 0.3 is 0 Å². The summed E-state index contributed by atoms with van der Waals surface area (Å²) in [6, 6.07) is 10.0. The van der Waals surface area contributed by atoms with Crippen molar-refractivity contribution in [1.29, 1.82) is 0 Å². The molecular weight excluding hydrogens is 292 g/mol. The predicted molar refractivity (Wildman–Crippen MR) is 81.5 cm³/mol. The van der Waals surface area contributed by atoms with Crippen molar-refractivity contribution in [2.75, 3.05) is 26.1 Å². The lowest BCUT2D eigenvalue weighted by molar-refractivity contribution is 0.0299. The molecule has 1 aromatic carbocycles. The quantitative estimate of drug-likeness (QED) is 0.463. The van der Waals surface area contributed by atoms with Crippen molar-refractivity contribution >= 4 is 10.1 Å². The van der Waals surface area contributed by atoms with E-state index in [4.69, 9.17) is 9.47 Å². The van der Waals surface area contributed by atoms with Gasteiger partial charge in [-0.1, -0.05) is 30.3 Å². The predicted octanol–water partition coefficient (Wildman–Crippen LogP) is 2.36. The molecule has 0 N–H and O–H groups in total. The van der Waals surface area contributed by atoms with Crippen molar-refractivity contribution < 1.29 is 22.1 Å². The van der Waals surface area contributed by atoms with Crippen LogP contribution in [0.25, 0.3) is 0 Å². The number of rotatable bonds is 11. The van der Waals surface area contributed by atoms with Gasteiger partial charge in [0.2, 0.25) is 0 Å². The molecule has 0 spiro atoms. The summed E-state index contributed by atoms with van der Waals surface area (Å²) >= 11 is 0. The molecule has 0 amide bonds. The Morgan fingerprint density at radius 3 is 2.48 bits per heavy atom. The highest BCUT2D eigenvalue weighted by Crippen LogP contribution is 2.03. The molecule has 1 aromatic rings. The van der Waals surface area contributed by atoms with E-state index in [1.807, 2.05) is 37.3 Å². The molecule has 6 heteroatoms. The third-order valence-corrected chi connectivity index (χ3v) is 3.36. The Balaban J connectivity index is 1.96. The van der Waals surface area contributed by atoms with Gasteiger partial charge in [0.25, 0.3) is 10.1 Å². The van der Waals surface area contributed by atoms with Gasteiger partial charge in [0.1, 0.15) is 0 Å². The topological polar surface area (TPSA) is 61.8 Å². The van der Waals surface area contributed by atoms with Crippen LogP contribution in [0.4, 0.5) is 0 Å². The molecule has 0 saturated heterocycles. The molecule has 0 unspecified atom stereocenters. The summed E-state index contributed by atoms with van der Waals surface area (Å²) in [5.41, 5.74) is 1.16. The lowest BCUT2D eigenvalue weighted by Crippen LogP contribution is -2.15. The first-order chi connectivity index (χ1) is 9.97. The monoisotopic (exact) mass is 316 g/mol. The molecule has 0 heterocycles. The van der Waals surface area contributed by atoms with Gasteiger partial charge in [-0.3, -0.25) is 4.18 Å². The molecule has 0 bridgehead atoms. The molecular formula is C15H24O5S. The van der Waals surface area contributed by atoms with Gasteiger partial charge in [-0.2, -0.15) is 8.42 Å². The summed E-state index contributed by atoms with van der Waals surface area (Å²) in [5.74, 6) is 0. The molecule has 0 fully saturated rings. The van der Waals surface area contributed by atoms with Crippen molar-refractivity contribution in [2.24, 2.45) is 0 Å². The first-order valence-corrected chi connectivity index (χ1v) is 8.86. The van der Waals surface area contributed by atoms with Crippen LogP contribution in [0.2, 0.25) is 0 Å². The zero-order valence-electron chi connectivity index (χ0n) is 12.7. The van der Waals surface area contributed by atoms with Gasteiger partial charge in [0.15, 0.2) is 0 Å². The van der Waals surface area contributed by atoms with Crippen LogP contribution in [-0.4, -0.2) is 40.6 Å². The van der Waals surface area contributed by atoms with Gasteiger partial charge in [0.05, 0.1) is 25.6 Å². The Morgan fingerprint density at radius 2 is 1.81 bits per heavy atom. The van der Waals surface area contributed by atoms with Gasteiger partial charge in [0, 0.05) is 13.2 Å². The van der Waals surface area contributed by atoms with E-state index in [-0.39, 0.29) is 12.7 Å². The fourth-order valence-electron chi connectivity index (χ4n) is 1.66. The fraction of sp³-hybridized carbons (Fsp3) is 0.600. The Morgan fingerprint density at radius 1 is 1.10 bits per heavy atom. The molecule has 21 heavy (non-hydrogen) atoms. The molecule has 0 radical (unpaired) electrons. The minimum Gasteiger partial charge on any atom is -0.378 e. The van der Waals surface area contributed by atoms with Crippen molar-refractivity contribution in [3.05, 3.63) is 35.9 Å². The van der Waals surface area contributed by atoms with Crippen LogP contribution in [0.3, 0.4) is 0 Å². The van der Waals surface area contributed by atoms with Crippen molar-refractivity contribution in [2.45, 2.75) is 32.5 Å². The van der Waals surface area contributed by atoms with Gasteiger partial charge in [-0.05, 0) is 25.3 Å². The molecule has 1 rings (SSSR count). The zero-order chi connectivity index (χ0) is 15.6. The second kappa shape index (κ2) is 9.89. The standard InChI is InChI=1S/C15H24O5S/c1-14(9-12-20-21(2,16)17)19-11-6-10-18-13-15-7-4-3-5-8-15/h3-5,7-8,14H,6,9-13H2,1-2H3/t14-/m0/s1. The van der Waals surface area contributed by atoms with E-state index in [2.05, 4.69) is 4.18 Å². The highest BCUT2D eigenvalue weighted by Gasteiger charge is 2.06. The van der Waals surface area contributed by atoms with E-state index in [1.165, 1.54) is 0 Å². The molecule has 0 aliphatic heterocycles. The molecule has 0 aliphatic carbocycles. The summed E-state index contributed by atoms with van der Waals surface area (Å²) in [4.78, 5) is 0. The van der Waals surface area contributed by atoms with E-state index < -0.39 is 10.1 Å². The molecule has 120 valence electrons. The van der Waals surface area contributed by atoms with E-state index in [0.29, 0.717) is 26.2 Å². The highest BCUT2D eigenvalue weighted by molar-refractivity contribution is 7.85. The lowest BCUT2D eigenvalue weighted by atomic mass is 10.2. The molecule has 1 atom stereocenters. The van der Waals surface area contributed by atoms with E-state index in [1.54, 1.807) is 0 Å². The highest BCUT2D eigenvalue weighted by atomic mass is 32.2. The summed E-state index contributed by atoms with van der Waals surface area (Å²) in [6.07, 6.45) is 2.38. The van der Waals surface area contributed by atoms with Crippen LogP contribution in [-0.2, 0) is 30.4 Å². The number of benzene rings is 1. The Hall–Kier alpha value is -0.950. The Labute approximate surface area is 127 Å². The minimum absolute atomic E-state index is 0.0270. The summed E-state index contributed by atoms with van der Waals surface area (Å²) in [5, 5.41) is 0. The van der Waals surface area contributed by atoms with Crippen molar-refractivity contribution in [3.8, 4) is 0 Å². The Kier molecular flexibility index (Phi) is 8.52. The van der Waals surface area contributed by atoms with Gasteiger partial charge in [-0.25, -0.2) is 0 Å². The van der Waals surface area contributed by atoms with Crippen LogP contribution in [0, 0.1) is 0 Å². The zero-order valence-corrected chi connectivity index (χ0v) is 13.5. The van der Waals surface area contributed by atoms with Gasteiger partial charge in [-0.15, -0.1) is 0 Å². The van der Waals surface area contributed by atoms with Crippen LogP contribution in [0.1, 0.15) is 25.3 Å². The van der Waals surface area contributed by atoms with Crippen molar-refractivity contribution in [1.82, 2.24) is 0 Å². The SMILES string of the molecule is C[C@@H](CCOS(C)(=O)=O)OCCCOCc1ccccc1. The number of hydrogen-bond donors (Lipinski definition) is 0. The maximum absolute atomic E-state index is 10.8. The average molecular weight is 316 g/mol. The van der Waals surface area contributed by atoms with E-state index in [9.17, 15) is 8.42 Å². The smallest absolute Gasteiger partial charge is 0.264 e. The normalized spacial score (nSPS) is 13.2. The largest absolute Gasteiger partial charge is 0.378 e. The molecule has 0 aromatic heterocycles. The second-order valence-corrected chi connectivity index (χ2v) is 6.53. The van der Waals surface area contributed by atoms with Crippen LogP contribution >= 0.6 is 0 Å². The average Bonchev–Trinajstić information content (AvgIpc) is 2.42. The van der Waals surface area contributed by atoms with Gasteiger partial charge < -0.3 is 9.47 Å². The maximum Gasteiger partial charge on any atom is 0.264 e. The van der Waals surface area contributed by atoms with E-state index >= 15 is 0 Å². The van der Waals surface area contributed by atoms with Crippen LogP contribution < -0.4 is 0 Å². The van der Waals surface area contributed by atoms with Crippen LogP contribution in [0.5, 0.6) is 0 Å². The van der Waals surface area contributed by atoms with Crippen molar-refractivity contribution in [3.63, 3.8) is 0 Å². The second-order valence-electron chi connectivity index (χ2n) is 4.89. The summed E-state index contributed by atoms with van der Waals surface area (Å²) in [6.45, 7) is 3.90. The molecule has 0 saturated carbocycles. The Bertz CT molecular complexity index is 472. The number of hydrogen-bond acceptors (Lipinski definition) is 5. The van der Waals surface area contributed by atoms with E-state index in [0.717, 1.165) is 18.2 Å². The minimum atomic E-state index is -3.35. The number of ether oxygens (including phenoxy) is 2. The summed E-state index contributed by atoms with van der Waals surface area (Å²) < 4.78 is 37.3. The third-order valence-electron chi connectivity index (χ3n) is 2.77. The third kappa shape index (κ3) is 10.4. The molecule has 5 nitrogen and oxygen atoms in total. The first-order valence-electron chi connectivity index (χ1n) is 7.05.